The Kier molecular flexibility index (Phi) is 3.05. The molecule has 1 unspecified atom stereocenters. The minimum absolute atomic E-state index is 0.301. The zero-order valence-electron chi connectivity index (χ0n) is 7.72. The molecule has 0 fully saturated rings. The molecule has 3 N–H and O–H groups in total. The van der Waals surface area contributed by atoms with Gasteiger partial charge in [0.05, 0.1) is 5.69 Å². The molecule has 4 heteroatoms. The van der Waals surface area contributed by atoms with E-state index < -0.39 is 0 Å². The number of nitrogens with two attached hydrogens (primary N) is 1. The molecule has 1 heterocycles. The number of nitrogens with zero attached hydrogens (tertiary/aromatic N) is 1. The molecule has 0 amide bonds. The minimum atomic E-state index is 0.301. The van der Waals surface area contributed by atoms with Gasteiger partial charge < -0.3 is 11.1 Å². The van der Waals surface area contributed by atoms with Gasteiger partial charge in [0, 0.05) is 17.5 Å². The topological polar surface area (TPSA) is 50.9 Å². The third-order valence-corrected chi connectivity index (χ3v) is 2.76. The SMILES string of the molecule is Cc1nc(NC(C)CN)sc1C. The Labute approximate surface area is 77.0 Å². The van der Waals surface area contributed by atoms with Gasteiger partial charge in [0.1, 0.15) is 0 Å². The van der Waals surface area contributed by atoms with Gasteiger partial charge in [-0.3, -0.25) is 0 Å². The molecule has 0 aliphatic heterocycles. The molecule has 0 aromatic carbocycles. The van der Waals surface area contributed by atoms with E-state index >= 15 is 0 Å². The lowest BCUT2D eigenvalue weighted by molar-refractivity contribution is 0.802. The highest BCUT2D eigenvalue weighted by Gasteiger charge is 2.05. The number of hydrogen-bond acceptors (Lipinski definition) is 4. The summed E-state index contributed by atoms with van der Waals surface area (Å²) in [6.45, 7) is 6.78. The second kappa shape index (κ2) is 3.87. The first-order valence-corrected chi connectivity index (χ1v) is 4.85. The maximum atomic E-state index is 5.48. The van der Waals surface area contributed by atoms with Crippen molar-refractivity contribution >= 4 is 16.5 Å². The second-order valence-corrected chi connectivity index (χ2v) is 4.14. The highest BCUT2D eigenvalue weighted by molar-refractivity contribution is 7.15. The molecule has 0 radical (unpaired) electrons. The summed E-state index contributed by atoms with van der Waals surface area (Å²) in [6.07, 6.45) is 0. The fourth-order valence-electron chi connectivity index (χ4n) is 0.804. The first-order chi connectivity index (χ1) is 5.63. The van der Waals surface area contributed by atoms with Gasteiger partial charge in [0.2, 0.25) is 0 Å². The van der Waals surface area contributed by atoms with Crippen molar-refractivity contribution < 1.29 is 0 Å². The van der Waals surface area contributed by atoms with Crippen LogP contribution in [-0.2, 0) is 0 Å². The lowest BCUT2D eigenvalue weighted by atomic mass is 10.3. The van der Waals surface area contributed by atoms with Crippen LogP contribution in [0, 0.1) is 13.8 Å². The molecule has 0 aliphatic carbocycles. The molecule has 3 nitrogen and oxygen atoms in total. The van der Waals surface area contributed by atoms with E-state index in [2.05, 4.69) is 17.2 Å². The standard InChI is InChI=1S/C8H15N3S/c1-5(4-9)10-8-11-6(2)7(3)12-8/h5H,4,9H2,1-3H3,(H,10,11). The van der Waals surface area contributed by atoms with Crippen LogP contribution in [0.5, 0.6) is 0 Å². The summed E-state index contributed by atoms with van der Waals surface area (Å²) >= 11 is 1.68. The van der Waals surface area contributed by atoms with E-state index in [4.69, 9.17) is 5.73 Å². The van der Waals surface area contributed by atoms with E-state index in [0.717, 1.165) is 10.8 Å². The van der Waals surface area contributed by atoms with Crippen molar-refractivity contribution in [3.05, 3.63) is 10.6 Å². The Bertz CT molecular complexity index is 237. The Morgan fingerprint density at radius 2 is 2.25 bits per heavy atom. The molecule has 1 aromatic heterocycles. The van der Waals surface area contributed by atoms with Crippen LogP contribution < -0.4 is 11.1 Å². The normalized spacial score (nSPS) is 13.0. The maximum absolute atomic E-state index is 5.48. The van der Waals surface area contributed by atoms with Gasteiger partial charge in [-0.2, -0.15) is 0 Å². The minimum Gasteiger partial charge on any atom is -0.358 e. The van der Waals surface area contributed by atoms with Crippen LogP contribution in [0.15, 0.2) is 0 Å². The number of thiazole rings is 1. The first-order valence-electron chi connectivity index (χ1n) is 4.04. The van der Waals surface area contributed by atoms with E-state index in [9.17, 15) is 0 Å². The summed E-state index contributed by atoms with van der Waals surface area (Å²) in [4.78, 5) is 5.62. The van der Waals surface area contributed by atoms with Crippen LogP contribution in [-0.4, -0.2) is 17.6 Å². The van der Waals surface area contributed by atoms with Crippen LogP contribution in [0.25, 0.3) is 0 Å². The molecule has 12 heavy (non-hydrogen) atoms. The maximum Gasteiger partial charge on any atom is 0.183 e. The van der Waals surface area contributed by atoms with Gasteiger partial charge in [-0.15, -0.1) is 11.3 Å². The summed E-state index contributed by atoms with van der Waals surface area (Å²) in [5.41, 5.74) is 6.58. The summed E-state index contributed by atoms with van der Waals surface area (Å²) in [6, 6.07) is 0.301. The van der Waals surface area contributed by atoms with Crippen molar-refractivity contribution in [3.63, 3.8) is 0 Å². The van der Waals surface area contributed by atoms with Gasteiger partial charge in [0.15, 0.2) is 5.13 Å². The fourth-order valence-corrected chi connectivity index (χ4v) is 1.73. The monoisotopic (exact) mass is 185 g/mol. The van der Waals surface area contributed by atoms with Crippen molar-refractivity contribution in [3.8, 4) is 0 Å². The first kappa shape index (κ1) is 9.48. The van der Waals surface area contributed by atoms with Crippen LogP contribution in [0.1, 0.15) is 17.5 Å². The largest absolute Gasteiger partial charge is 0.358 e. The van der Waals surface area contributed by atoms with Crippen LogP contribution in [0.4, 0.5) is 5.13 Å². The average molecular weight is 185 g/mol. The van der Waals surface area contributed by atoms with E-state index in [1.54, 1.807) is 11.3 Å². The van der Waals surface area contributed by atoms with E-state index in [-0.39, 0.29) is 0 Å². The van der Waals surface area contributed by atoms with Gasteiger partial charge >= 0.3 is 0 Å². The lowest BCUT2D eigenvalue weighted by Gasteiger charge is -2.08. The van der Waals surface area contributed by atoms with E-state index in [0.29, 0.717) is 12.6 Å². The molecule has 1 aromatic rings. The molecular weight excluding hydrogens is 170 g/mol. The molecule has 0 bridgehead atoms. The highest BCUT2D eigenvalue weighted by atomic mass is 32.1. The third kappa shape index (κ3) is 2.19. The molecule has 1 rings (SSSR count). The zero-order valence-corrected chi connectivity index (χ0v) is 8.53. The Hall–Kier alpha value is -0.610. The number of hydrogen-bond donors (Lipinski definition) is 2. The van der Waals surface area contributed by atoms with Gasteiger partial charge in [0.25, 0.3) is 0 Å². The van der Waals surface area contributed by atoms with Gasteiger partial charge in [-0.25, -0.2) is 4.98 Å². The molecule has 1 atom stereocenters. The van der Waals surface area contributed by atoms with Crippen molar-refractivity contribution in [2.75, 3.05) is 11.9 Å². The van der Waals surface area contributed by atoms with Crippen LogP contribution >= 0.6 is 11.3 Å². The predicted octanol–water partition coefficient (Wildman–Crippen LogP) is 1.52. The van der Waals surface area contributed by atoms with Crippen LogP contribution in [0.3, 0.4) is 0 Å². The third-order valence-electron chi connectivity index (χ3n) is 1.75. The molecule has 0 spiro atoms. The second-order valence-electron chi connectivity index (χ2n) is 2.94. The number of nitrogens with one attached hydrogen (secondary N) is 1. The molecule has 0 saturated carbocycles. The van der Waals surface area contributed by atoms with E-state index in [1.807, 2.05) is 13.8 Å². The van der Waals surface area contributed by atoms with Gasteiger partial charge in [-0.1, -0.05) is 0 Å². The predicted molar refractivity (Wildman–Crippen MR) is 53.7 cm³/mol. The zero-order chi connectivity index (χ0) is 9.14. The number of rotatable bonds is 3. The number of aryl methyl sites for hydroxylation is 2. The summed E-state index contributed by atoms with van der Waals surface area (Å²) in [7, 11) is 0. The summed E-state index contributed by atoms with van der Waals surface area (Å²) in [5, 5.41) is 4.21. The molecule has 0 aliphatic rings. The average Bonchev–Trinajstić information content (AvgIpc) is 2.31. The quantitative estimate of drug-likeness (QED) is 0.750. The van der Waals surface area contributed by atoms with Crippen molar-refractivity contribution in [2.45, 2.75) is 26.8 Å². The Morgan fingerprint density at radius 3 is 2.67 bits per heavy atom. The van der Waals surface area contributed by atoms with Crippen molar-refractivity contribution in [1.82, 2.24) is 4.98 Å². The summed E-state index contributed by atoms with van der Waals surface area (Å²) < 4.78 is 0. The highest BCUT2D eigenvalue weighted by Crippen LogP contribution is 2.21. The van der Waals surface area contributed by atoms with Crippen molar-refractivity contribution in [2.24, 2.45) is 5.73 Å². The molecule has 0 saturated heterocycles. The smallest absolute Gasteiger partial charge is 0.183 e. The number of anilines is 1. The lowest BCUT2D eigenvalue weighted by Crippen LogP contribution is -2.24. The fraction of sp³-hybridized carbons (Fsp3) is 0.625. The number of aromatic nitrogens is 1. The van der Waals surface area contributed by atoms with Gasteiger partial charge in [-0.05, 0) is 20.8 Å². The molecular formula is C8H15N3S. The molecule has 68 valence electrons. The van der Waals surface area contributed by atoms with Crippen molar-refractivity contribution in [1.29, 1.82) is 0 Å². The Balaban J connectivity index is 2.64. The summed E-state index contributed by atoms with van der Waals surface area (Å²) in [5.74, 6) is 0. The Morgan fingerprint density at radius 1 is 1.58 bits per heavy atom. The van der Waals surface area contributed by atoms with Crippen LogP contribution in [0.2, 0.25) is 0 Å². The van der Waals surface area contributed by atoms with E-state index in [1.165, 1.54) is 4.88 Å².